The molecule has 0 radical (unpaired) electrons. The minimum atomic E-state index is 0.737. The normalized spacial score (nSPS) is 10.5. The first kappa shape index (κ1) is 10.5. The average molecular weight is 269 g/mol. The van der Waals surface area contributed by atoms with E-state index in [-0.39, 0.29) is 0 Å². The molecule has 0 amide bonds. The SMILES string of the molecule is ClCCCNCc1cc(Br)cs1. The maximum atomic E-state index is 5.54. The molecule has 0 spiro atoms. The molecule has 0 unspecified atom stereocenters. The van der Waals surface area contributed by atoms with Crippen LogP contribution in [0.4, 0.5) is 0 Å². The molecule has 0 aliphatic rings. The topological polar surface area (TPSA) is 12.0 Å². The fourth-order valence-corrected chi connectivity index (χ4v) is 2.40. The van der Waals surface area contributed by atoms with Gasteiger partial charge in [0, 0.05) is 27.2 Å². The fourth-order valence-electron chi connectivity index (χ4n) is 0.850. The highest BCUT2D eigenvalue weighted by Gasteiger charge is 1.95. The Bertz CT molecular complexity index is 227. The molecular weight excluding hydrogens is 258 g/mol. The highest BCUT2D eigenvalue weighted by atomic mass is 79.9. The van der Waals surface area contributed by atoms with Gasteiger partial charge in [-0.15, -0.1) is 22.9 Å². The summed E-state index contributed by atoms with van der Waals surface area (Å²) in [5, 5.41) is 5.42. The minimum Gasteiger partial charge on any atom is -0.312 e. The number of hydrogen-bond acceptors (Lipinski definition) is 2. The molecule has 1 N–H and O–H groups in total. The summed E-state index contributed by atoms with van der Waals surface area (Å²) in [7, 11) is 0. The van der Waals surface area contributed by atoms with Crippen LogP contribution in [0.2, 0.25) is 0 Å². The summed E-state index contributed by atoms with van der Waals surface area (Å²) in [5.74, 6) is 0.737. The van der Waals surface area contributed by atoms with Crippen molar-refractivity contribution in [1.29, 1.82) is 0 Å². The second-order valence-corrected chi connectivity index (χ2v) is 4.74. The van der Waals surface area contributed by atoms with E-state index in [1.54, 1.807) is 11.3 Å². The maximum Gasteiger partial charge on any atom is 0.0300 e. The molecule has 0 aliphatic carbocycles. The molecule has 0 saturated heterocycles. The zero-order chi connectivity index (χ0) is 8.81. The molecule has 1 rings (SSSR count). The number of hydrogen-bond donors (Lipinski definition) is 1. The second-order valence-electron chi connectivity index (χ2n) is 2.45. The predicted molar refractivity (Wildman–Crippen MR) is 59.1 cm³/mol. The van der Waals surface area contributed by atoms with Crippen molar-refractivity contribution in [3.8, 4) is 0 Å². The van der Waals surface area contributed by atoms with E-state index in [0.29, 0.717) is 0 Å². The van der Waals surface area contributed by atoms with Crippen molar-refractivity contribution in [2.75, 3.05) is 12.4 Å². The highest BCUT2D eigenvalue weighted by molar-refractivity contribution is 9.10. The van der Waals surface area contributed by atoms with E-state index in [0.717, 1.165) is 25.4 Å². The number of nitrogens with one attached hydrogen (secondary N) is 1. The summed E-state index contributed by atoms with van der Waals surface area (Å²) in [4.78, 5) is 1.36. The van der Waals surface area contributed by atoms with Crippen molar-refractivity contribution in [2.45, 2.75) is 13.0 Å². The lowest BCUT2D eigenvalue weighted by Gasteiger charge is -1.99. The van der Waals surface area contributed by atoms with Gasteiger partial charge in [0.2, 0.25) is 0 Å². The molecule has 4 heteroatoms. The standard InChI is InChI=1S/C8H11BrClNS/c9-7-4-8(12-6-7)5-11-3-1-2-10/h4,6,11H,1-3,5H2. The lowest BCUT2D eigenvalue weighted by Crippen LogP contribution is -2.13. The highest BCUT2D eigenvalue weighted by Crippen LogP contribution is 2.19. The van der Waals surface area contributed by atoms with Crippen molar-refractivity contribution < 1.29 is 0 Å². The van der Waals surface area contributed by atoms with Crippen LogP contribution in [0.25, 0.3) is 0 Å². The first-order chi connectivity index (χ1) is 5.83. The van der Waals surface area contributed by atoms with Gasteiger partial charge in [0.1, 0.15) is 0 Å². The molecule has 0 atom stereocenters. The van der Waals surface area contributed by atoms with Gasteiger partial charge in [-0.05, 0) is 35.0 Å². The maximum absolute atomic E-state index is 5.54. The van der Waals surface area contributed by atoms with Crippen LogP contribution in [-0.4, -0.2) is 12.4 Å². The summed E-state index contributed by atoms with van der Waals surface area (Å²) < 4.78 is 1.17. The first-order valence-electron chi connectivity index (χ1n) is 3.82. The van der Waals surface area contributed by atoms with E-state index in [1.165, 1.54) is 9.35 Å². The summed E-state index contributed by atoms with van der Waals surface area (Å²) in [6, 6.07) is 2.14. The van der Waals surface area contributed by atoms with Crippen LogP contribution in [0.5, 0.6) is 0 Å². The smallest absolute Gasteiger partial charge is 0.0300 e. The molecule has 12 heavy (non-hydrogen) atoms. The molecule has 0 bridgehead atoms. The zero-order valence-electron chi connectivity index (χ0n) is 6.65. The Morgan fingerprint density at radius 3 is 3.00 bits per heavy atom. The first-order valence-corrected chi connectivity index (χ1v) is 6.03. The molecule has 1 aromatic rings. The lowest BCUT2D eigenvalue weighted by molar-refractivity contribution is 0.684. The van der Waals surface area contributed by atoms with Crippen LogP contribution in [0.3, 0.4) is 0 Å². The van der Waals surface area contributed by atoms with E-state index in [1.807, 2.05) is 0 Å². The van der Waals surface area contributed by atoms with E-state index in [9.17, 15) is 0 Å². The van der Waals surface area contributed by atoms with E-state index < -0.39 is 0 Å². The summed E-state index contributed by atoms with van der Waals surface area (Å²) in [6.45, 7) is 1.95. The molecule has 0 saturated carbocycles. The van der Waals surface area contributed by atoms with Gasteiger partial charge >= 0.3 is 0 Å². The van der Waals surface area contributed by atoms with Gasteiger partial charge in [0.25, 0.3) is 0 Å². The van der Waals surface area contributed by atoms with E-state index in [4.69, 9.17) is 11.6 Å². The Kier molecular flexibility index (Phi) is 5.23. The molecule has 1 nitrogen and oxygen atoms in total. The molecular formula is C8H11BrClNS. The van der Waals surface area contributed by atoms with Gasteiger partial charge in [-0.1, -0.05) is 0 Å². The third-order valence-corrected chi connectivity index (χ3v) is 3.37. The van der Waals surface area contributed by atoms with Gasteiger partial charge in [-0.25, -0.2) is 0 Å². The number of thiophene rings is 1. The second kappa shape index (κ2) is 5.97. The lowest BCUT2D eigenvalue weighted by atomic mass is 10.4. The Labute approximate surface area is 90.3 Å². The fraction of sp³-hybridized carbons (Fsp3) is 0.500. The summed E-state index contributed by atoms with van der Waals surface area (Å²) in [6.07, 6.45) is 1.04. The number of halogens is 2. The predicted octanol–water partition coefficient (Wildman–Crippen LogP) is 3.23. The third kappa shape index (κ3) is 3.90. The van der Waals surface area contributed by atoms with Crippen molar-refractivity contribution in [1.82, 2.24) is 5.32 Å². The van der Waals surface area contributed by atoms with Gasteiger partial charge < -0.3 is 5.32 Å². The summed E-state index contributed by atoms with van der Waals surface area (Å²) >= 11 is 10.7. The van der Waals surface area contributed by atoms with E-state index in [2.05, 4.69) is 32.7 Å². The van der Waals surface area contributed by atoms with Gasteiger partial charge in [-0.3, -0.25) is 0 Å². The number of alkyl halides is 1. The quantitative estimate of drug-likeness (QED) is 0.639. The molecule has 1 heterocycles. The third-order valence-electron chi connectivity index (χ3n) is 1.41. The average Bonchev–Trinajstić information content (AvgIpc) is 2.45. The van der Waals surface area contributed by atoms with Crippen molar-refractivity contribution >= 4 is 38.9 Å². The van der Waals surface area contributed by atoms with Crippen LogP contribution < -0.4 is 5.32 Å². The van der Waals surface area contributed by atoms with Crippen LogP contribution in [0.15, 0.2) is 15.9 Å². The minimum absolute atomic E-state index is 0.737. The van der Waals surface area contributed by atoms with Gasteiger partial charge in [-0.2, -0.15) is 0 Å². The van der Waals surface area contributed by atoms with Crippen LogP contribution in [0.1, 0.15) is 11.3 Å². The molecule has 0 fully saturated rings. The van der Waals surface area contributed by atoms with Crippen molar-refractivity contribution in [3.05, 3.63) is 20.8 Å². The van der Waals surface area contributed by atoms with Crippen molar-refractivity contribution in [3.63, 3.8) is 0 Å². The Balaban J connectivity index is 2.15. The molecule has 0 aromatic carbocycles. The van der Waals surface area contributed by atoms with E-state index >= 15 is 0 Å². The molecule has 0 aliphatic heterocycles. The Morgan fingerprint density at radius 1 is 1.58 bits per heavy atom. The largest absolute Gasteiger partial charge is 0.312 e. The van der Waals surface area contributed by atoms with Crippen LogP contribution in [0, 0.1) is 0 Å². The monoisotopic (exact) mass is 267 g/mol. The van der Waals surface area contributed by atoms with Crippen LogP contribution >= 0.6 is 38.9 Å². The Hall–Kier alpha value is 0.430. The van der Waals surface area contributed by atoms with Gasteiger partial charge in [0.05, 0.1) is 0 Å². The van der Waals surface area contributed by atoms with Crippen molar-refractivity contribution in [2.24, 2.45) is 0 Å². The van der Waals surface area contributed by atoms with Gasteiger partial charge in [0.15, 0.2) is 0 Å². The zero-order valence-corrected chi connectivity index (χ0v) is 9.81. The van der Waals surface area contributed by atoms with Crippen LogP contribution in [-0.2, 0) is 6.54 Å². The molecule has 68 valence electrons. The molecule has 1 aromatic heterocycles. The summed E-state index contributed by atoms with van der Waals surface area (Å²) in [5.41, 5.74) is 0. The number of rotatable bonds is 5. The Morgan fingerprint density at radius 2 is 2.42 bits per heavy atom.